The van der Waals surface area contributed by atoms with E-state index in [1.54, 1.807) is 31.3 Å². The molecule has 0 aromatic rings. The summed E-state index contributed by atoms with van der Waals surface area (Å²) in [5, 5.41) is 0. The number of hydrogen-bond donors (Lipinski definition) is 0. The molecule has 0 spiro atoms. The quantitative estimate of drug-likeness (QED) is 0.483. The monoisotopic (exact) mass is 437 g/mol. The molecule has 174 valence electrons. The van der Waals surface area contributed by atoms with Crippen molar-refractivity contribution in [2.75, 3.05) is 34.0 Å². The number of nitrogens with zero attached hydrogens (tertiary/aromatic N) is 1. The molecule has 31 heavy (non-hydrogen) atoms. The number of esters is 2. The lowest BCUT2D eigenvalue weighted by molar-refractivity contribution is -0.156. The van der Waals surface area contributed by atoms with E-state index >= 15 is 0 Å². The highest BCUT2D eigenvalue weighted by molar-refractivity contribution is 5.85. The highest BCUT2D eigenvalue weighted by Gasteiger charge is 2.35. The van der Waals surface area contributed by atoms with Gasteiger partial charge in [-0.05, 0) is 12.8 Å². The molecule has 5 atom stereocenters. The molecule has 1 saturated heterocycles. The third-order valence-electron chi connectivity index (χ3n) is 5.88. The van der Waals surface area contributed by atoms with Gasteiger partial charge in [-0.25, -0.2) is 4.79 Å². The van der Waals surface area contributed by atoms with E-state index in [1.165, 1.54) is 0 Å². The van der Waals surface area contributed by atoms with Gasteiger partial charge in [0, 0.05) is 39.0 Å². The number of rotatable bonds is 2. The molecule has 2 aliphatic rings. The second-order valence-corrected chi connectivity index (χ2v) is 8.09. The topological polar surface area (TPSA) is 91.4 Å². The lowest BCUT2D eigenvalue weighted by Crippen LogP contribution is -2.42. The maximum absolute atomic E-state index is 12.7. The molecule has 0 unspecified atom stereocenters. The Kier molecular flexibility index (Phi) is 10.2. The first-order chi connectivity index (χ1) is 14.9. The van der Waals surface area contributed by atoms with Crippen molar-refractivity contribution in [1.29, 1.82) is 0 Å². The minimum absolute atomic E-state index is 0.0509. The van der Waals surface area contributed by atoms with Crippen molar-refractivity contribution in [3.05, 3.63) is 24.3 Å². The Balaban J connectivity index is 2.16. The van der Waals surface area contributed by atoms with Crippen LogP contribution in [0.15, 0.2) is 24.3 Å². The third-order valence-corrected chi connectivity index (χ3v) is 5.88. The molecular formula is C23H35NO7. The number of ether oxygens (including phenoxy) is 4. The number of carbonyl (C=O) groups excluding carboxylic acids is 3. The minimum atomic E-state index is -0.554. The molecule has 2 aliphatic heterocycles. The Hall–Kier alpha value is -2.19. The Labute approximate surface area is 184 Å². The number of amides is 1. The first-order valence-corrected chi connectivity index (χ1v) is 10.9. The molecule has 0 saturated carbocycles. The molecule has 0 radical (unpaired) electrons. The Morgan fingerprint density at radius 1 is 0.903 bits per heavy atom. The van der Waals surface area contributed by atoms with Crippen LogP contribution in [0.2, 0.25) is 0 Å². The lowest BCUT2D eigenvalue weighted by Gasteiger charge is -2.25. The Bertz CT molecular complexity index is 675. The van der Waals surface area contributed by atoms with Crippen LogP contribution in [-0.2, 0) is 33.3 Å². The van der Waals surface area contributed by atoms with Gasteiger partial charge >= 0.3 is 11.9 Å². The number of methoxy groups -OCH3 is 2. The summed E-state index contributed by atoms with van der Waals surface area (Å²) in [6.45, 7) is 4.62. The molecule has 0 aromatic heterocycles. The zero-order chi connectivity index (χ0) is 22.8. The molecule has 2 rings (SSSR count). The number of carbonyl (C=O) groups is 3. The van der Waals surface area contributed by atoms with E-state index in [0.717, 1.165) is 6.42 Å². The van der Waals surface area contributed by atoms with Crippen molar-refractivity contribution in [3.63, 3.8) is 0 Å². The maximum atomic E-state index is 12.7. The number of hydrogen-bond acceptors (Lipinski definition) is 7. The second-order valence-electron chi connectivity index (χ2n) is 8.09. The first kappa shape index (κ1) is 25.1. The van der Waals surface area contributed by atoms with E-state index in [4.69, 9.17) is 18.9 Å². The van der Waals surface area contributed by atoms with E-state index in [-0.39, 0.29) is 62.0 Å². The average Bonchev–Trinajstić information content (AvgIpc) is 3.24. The summed E-state index contributed by atoms with van der Waals surface area (Å²) in [6.07, 6.45) is 8.26. The predicted molar refractivity (Wildman–Crippen MR) is 114 cm³/mol. The van der Waals surface area contributed by atoms with Gasteiger partial charge in [-0.1, -0.05) is 38.2 Å². The van der Waals surface area contributed by atoms with Gasteiger partial charge in [-0.15, -0.1) is 0 Å². The molecule has 8 heteroatoms. The summed E-state index contributed by atoms with van der Waals surface area (Å²) in [6, 6.07) is -0.554. The summed E-state index contributed by atoms with van der Waals surface area (Å²) >= 11 is 0. The van der Waals surface area contributed by atoms with Crippen molar-refractivity contribution in [3.8, 4) is 0 Å². The van der Waals surface area contributed by atoms with E-state index in [2.05, 4.69) is 0 Å². The van der Waals surface area contributed by atoms with Gasteiger partial charge < -0.3 is 23.8 Å². The standard InChI is InChI=1S/C23H35NO7/c1-16-8-5-11-21(25)24-13-7-10-18(24)23(27)31-15-20(29-4)17(2)9-6-12-22(26)30-14-19(16)28-3/h5-6,8-9,16-20H,7,10-15H2,1-4H3/b8-5+,9-6+/t16-,17+,18+,19-,20-/m1/s1. The summed E-state index contributed by atoms with van der Waals surface area (Å²) in [5.41, 5.74) is 0. The van der Waals surface area contributed by atoms with Crippen LogP contribution in [0, 0.1) is 11.8 Å². The minimum Gasteiger partial charge on any atom is -0.463 e. The highest BCUT2D eigenvalue weighted by Crippen LogP contribution is 2.21. The van der Waals surface area contributed by atoms with Crippen molar-refractivity contribution >= 4 is 17.8 Å². The van der Waals surface area contributed by atoms with Gasteiger partial charge in [0.1, 0.15) is 19.3 Å². The molecule has 0 aliphatic carbocycles. The van der Waals surface area contributed by atoms with Gasteiger partial charge in [0.25, 0.3) is 0 Å². The predicted octanol–water partition coefficient (Wildman–Crippen LogP) is 2.27. The van der Waals surface area contributed by atoms with E-state index in [1.807, 2.05) is 26.0 Å². The molecule has 2 heterocycles. The number of cyclic esters (lactones) is 2. The van der Waals surface area contributed by atoms with Crippen molar-refractivity contribution in [2.24, 2.45) is 11.8 Å². The largest absolute Gasteiger partial charge is 0.463 e. The Morgan fingerprint density at radius 3 is 2.10 bits per heavy atom. The average molecular weight is 438 g/mol. The molecule has 0 aromatic carbocycles. The lowest BCUT2D eigenvalue weighted by atomic mass is 10.0. The molecule has 1 fully saturated rings. The van der Waals surface area contributed by atoms with Crippen LogP contribution in [0.3, 0.4) is 0 Å². The zero-order valence-electron chi connectivity index (χ0n) is 19.0. The second kappa shape index (κ2) is 12.6. The zero-order valence-corrected chi connectivity index (χ0v) is 19.0. The summed E-state index contributed by atoms with van der Waals surface area (Å²) in [7, 11) is 3.12. The van der Waals surface area contributed by atoms with Crippen LogP contribution < -0.4 is 0 Å². The maximum Gasteiger partial charge on any atom is 0.328 e. The molecule has 1 amide bonds. The van der Waals surface area contributed by atoms with Crippen LogP contribution in [0.5, 0.6) is 0 Å². The number of fused-ring (bicyclic) bond motifs is 1. The van der Waals surface area contributed by atoms with Gasteiger partial charge in [0.2, 0.25) is 5.91 Å². The first-order valence-electron chi connectivity index (χ1n) is 10.9. The van der Waals surface area contributed by atoms with Gasteiger partial charge in [-0.2, -0.15) is 0 Å². The van der Waals surface area contributed by atoms with E-state index < -0.39 is 12.0 Å². The molecule has 0 N–H and O–H groups in total. The fourth-order valence-electron chi connectivity index (χ4n) is 3.80. The Morgan fingerprint density at radius 2 is 1.48 bits per heavy atom. The summed E-state index contributed by atoms with van der Waals surface area (Å²) in [5.74, 6) is -0.992. The third kappa shape index (κ3) is 7.47. The van der Waals surface area contributed by atoms with Crippen LogP contribution in [0.4, 0.5) is 0 Å². The van der Waals surface area contributed by atoms with Gasteiger partial charge in [-0.3, -0.25) is 9.59 Å². The highest BCUT2D eigenvalue weighted by atomic mass is 16.6. The van der Waals surface area contributed by atoms with Gasteiger partial charge in [0.05, 0.1) is 18.6 Å². The van der Waals surface area contributed by atoms with E-state index in [0.29, 0.717) is 13.0 Å². The SMILES string of the molecule is CO[C@@H]1COC(=O)C/C=C/[C@H](C)[C@H](OC)COC(=O)[C@@H]2CCCN2C(=O)C/C=C/[C@H]1C. The molecule has 8 nitrogen and oxygen atoms in total. The fourth-order valence-corrected chi connectivity index (χ4v) is 3.80. The molecular weight excluding hydrogens is 402 g/mol. The van der Waals surface area contributed by atoms with Crippen LogP contribution in [0.1, 0.15) is 39.5 Å². The van der Waals surface area contributed by atoms with Crippen LogP contribution in [-0.4, -0.2) is 75.0 Å². The fraction of sp³-hybridized carbons (Fsp3) is 0.696. The normalized spacial score (nSPS) is 34.0. The van der Waals surface area contributed by atoms with Crippen molar-refractivity contribution < 1.29 is 33.3 Å². The van der Waals surface area contributed by atoms with Crippen molar-refractivity contribution in [2.45, 2.75) is 57.8 Å². The van der Waals surface area contributed by atoms with Crippen LogP contribution >= 0.6 is 0 Å². The molecule has 0 bridgehead atoms. The van der Waals surface area contributed by atoms with E-state index in [9.17, 15) is 14.4 Å². The van der Waals surface area contributed by atoms with Crippen molar-refractivity contribution in [1.82, 2.24) is 4.90 Å². The summed E-state index contributed by atoms with van der Waals surface area (Å²) < 4.78 is 21.7. The summed E-state index contributed by atoms with van der Waals surface area (Å²) in [4.78, 5) is 39.0. The van der Waals surface area contributed by atoms with Crippen LogP contribution in [0.25, 0.3) is 0 Å². The smallest absolute Gasteiger partial charge is 0.328 e. The van der Waals surface area contributed by atoms with Gasteiger partial charge in [0.15, 0.2) is 0 Å².